The number of nitriles is 1. The standard InChI is InChI=1S/C19H17N13OS3/c1-8-11(7-20)17(34-29-8)26-24-13-6-12(23-27-18-21-9(2)30-35-18)15(32(4)5)14(16(13)33)25-28-19-22-10(3)31-36-19/h6,33H,1-5H3. The molecule has 0 atom stereocenters. The highest BCUT2D eigenvalue weighted by Gasteiger charge is 2.21. The Bertz CT molecular complexity index is 1540. The second-order valence-corrected chi connectivity index (χ2v) is 9.48. The molecule has 14 nitrogen and oxygen atoms in total. The summed E-state index contributed by atoms with van der Waals surface area (Å²) in [6, 6.07) is 3.56. The number of anilines is 1. The topological polar surface area (TPSA) is 186 Å². The van der Waals surface area contributed by atoms with Crippen molar-refractivity contribution in [2.24, 2.45) is 30.7 Å². The van der Waals surface area contributed by atoms with E-state index in [1.807, 2.05) is 0 Å². The van der Waals surface area contributed by atoms with Crippen LogP contribution in [0.25, 0.3) is 0 Å². The van der Waals surface area contributed by atoms with E-state index in [0.717, 1.165) is 34.6 Å². The van der Waals surface area contributed by atoms with Gasteiger partial charge < -0.3 is 10.0 Å². The van der Waals surface area contributed by atoms with Crippen LogP contribution < -0.4 is 4.90 Å². The van der Waals surface area contributed by atoms with Gasteiger partial charge in [0.25, 0.3) is 0 Å². The lowest BCUT2D eigenvalue weighted by atomic mass is 10.1. The number of hydrogen-bond acceptors (Lipinski definition) is 17. The molecule has 0 bridgehead atoms. The zero-order chi connectivity index (χ0) is 25.8. The first-order chi connectivity index (χ1) is 17.3. The Balaban J connectivity index is 1.86. The van der Waals surface area contributed by atoms with Crippen molar-refractivity contribution in [3.63, 3.8) is 0 Å². The van der Waals surface area contributed by atoms with E-state index >= 15 is 0 Å². The minimum absolute atomic E-state index is 0.0420. The fourth-order valence-electron chi connectivity index (χ4n) is 2.81. The van der Waals surface area contributed by atoms with E-state index in [2.05, 4.69) is 59.8 Å². The Kier molecular flexibility index (Phi) is 7.38. The molecule has 4 aromatic rings. The molecular weight excluding hydrogens is 523 g/mol. The van der Waals surface area contributed by atoms with Gasteiger partial charge in [-0.25, -0.2) is 9.97 Å². The van der Waals surface area contributed by atoms with Crippen LogP contribution in [0, 0.1) is 32.1 Å². The fourth-order valence-corrected chi connectivity index (χ4v) is 4.49. The maximum atomic E-state index is 11.1. The van der Waals surface area contributed by atoms with Crippen LogP contribution in [-0.4, -0.2) is 42.3 Å². The molecule has 3 heterocycles. The quantitative estimate of drug-likeness (QED) is 0.252. The van der Waals surface area contributed by atoms with Crippen LogP contribution in [-0.2, 0) is 0 Å². The maximum absolute atomic E-state index is 11.1. The van der Waals surface area contributed by atoms with Gasteiger partial charge in [-0.2, -0.15) is 18.4 Å². The zero-order valence-electron chi connectivity index (χ0n) is 19.6. The van der Waals surface area contributed by atoms with Crippen molar-refractivity contribution < 1.29 is 5.11 Å². The van der Waals surface area contributed by atoms with Crippen molar-refractivity contribution in [2.45, 2.75) is 20.8 Å². The molecule has 4 rings (SSSR count). The summed E-state index contributed by atoms with van der Waals surface area (Å²) in [5.41, 5.74) is 1.72. The molecule has 0 aliphatic rings. The van der Waals surface area contributed by atoms with Gasteiger partial charge in [0.15, 0.2) is 16.4 Å². The molecule has 0 saturated heterocycles. The average molecular weight is 540 g/mol. The second-order valence-electron chi connectivity index (χ2n) is 7.26. The van der Waals surface area contributed by atoms with Crippen LogP contribution in [0.2, 0.25) is 0 Å². The number of hydrogen-bond donors (Lipinski definition) is 1. The number of phenolic OH excluding ortho intramolecular Hbond substituents is 1. The number of aryl methyl sites for hydroxylation is 3. The molecule has 1 aromatic carbocycles. The summed E-state index contributed by atoms with van der Waals surface area (Å²) in [5.74, 6) is 0.846. The Morgan fingerprint density at radius 2 is 1.44 bits per heavy atom. The predicted molar refractivity (Wildman–Crippen MR) is 136 cm³/mol. The molecule has 36 heavy (non-hydrogen) atoms. The molecule has 0 aliphatic heterocycles. The van der Waals surface area contributed by atoms with Gasteiger partial charge in [0, 0.05) is 37.2 Å². The smallest absolute Gasteiger partial charge is 0.249 e. The summed E-state index contributed by atoms with van der Waals surface area (Å²) >= 11 is 3.20. The summed E-state index contributed by atoms with van der Waals surface area (Å²) in [6.45, 7) is 5.20. The Morgan fingerprint density at radius 3 is 2.00 bits per heavy atom. The van der Waals surface area contributed by atoms with Gasteiger partial charge in [0.1, 0.15) is 34.7 Å². The lowest BCUT2D eigenvalue weighted by Gasteiger charge is -2.18. The lowest BCUT2D eigenvalue weighted by molar-refractivity contribution is 0.477. The summed E-state index contributed by atoms with van der Waals surface area (Å²) in [6.07, 6.45) is 0. The third-order valence-corrected chi connectivity index (χ3v) is 6.58. The third-order valence-electron chi connectivity index (χ3n) is 4.37. The van der Waals surface area contributed by atoms with Crippen molar-refractivity contribution in [2.75, 3.05) is 19.0 Å². The highest BCUT2D eigenvalue weighted by Crippen LogP contribution is 2.50. The van der Waals surface area contributed by atoms with Gasteiger partial charge in [0.05, 0.1) is 11.4 Å². The van der Waals surface area contributed by atoms with Gasteiger partial charge in [-0.05, 0) is 38.4 Å². The van der Waals surface area contributed by atoms with E-state index < -0.39 is 0 Å². The van der Waals surface area contributed by atoms with E-state index in [4.69, 9.17) is 0 Å². The number of benzene rings is 1. The second kappa shape index (κ2) is 10.6. The number of aromatic hydroxyl groups is 1. The van der Waals surface area contributed by atoms with Crippen LogP contribution in [0.4, 0.5) is 38.0 Å². The minimum atomic E-state index is -0.294. The highest BCUT2D eigenvalue weighted by atomic mass is 32.1. The van der Waals surface area contributed by atoms with Gasteiger partial charge in [0.2, 0.25) is 10.3 Å². The first-order valence-electron chi connectivity index (χ1n) is 10.1. The van der Waals surface area contributed by atoms with Gasteiger partial charge >= 0.3 is 0 Å². The molecule has 3 aromatic heterocycles. The Morgan fingerprint density at radius 1 is 0.833 bits per heavy atom. The predicted octanol–water partition coefficient (Wildman–Crippen LogP) is 6.66. The van der Waals surface area contributed by atoms with Crippen molar-refractivity contribution >= 4 is 72.6 Å². The van der Waals surface area contributed by atoms with Crippen molar-refractivity contribution in [1.29, 1.82) is 5.26 Å². The lowest BCUT2D eigenvalue weighted by Crippen LogP contribution is -2.09. The number of aromatic nitrogens is 5. The van der Waals surface area contributed by atoms with Crippen LogP contribution >= 0.6 is 34.6 Å². The number of rotatable bonds is 7. The molecule has 17 heteroatoms. The molecule has 0 fully saturated rings. The molecule has 0 amide bonds. The summed E-state index contributed by atoms with van der Waals surface area (Å²) in [5, 5.41) is 46.6. The molecule has 0 saturated carbocycles. The maximum Gasteiger partial charge on any atom is 0.249 e. The van der Waals surface area contributed by atoms with E-state index in [0.29, 0.717) is 49.5 Å². The first-order valence-corrected chi connectivity index (χ1v) is 12.4. The summed E-state index contributed by atoms with van der Waals surface area (Å²) < 4.78 is 12.3. The van der Waals surface area contributed by atoms with E-state index in [1.54, 1.807) is 39.8 Å². The van der Waals surface area contributed by atoms with Crippen LogP contribution in [0.15, 0.2) is 36.8 Å². The van der Waals surface area contributed by atoms with Gasteiger partial charge in [-0.3, -0.25) is 0 Å². The molecule has 0 spiro atoms. The molecule has 1 N–H and O–H groups in total. The number of nitrogens with zero attached hydrogens (tertiary/aromatic N) is 13. The SMILES string of the molecule is Cc1nsc(N=Nc2cc(N=Nc3snc(C)c3C#N)c(O)c(N=Nc3nc(C)ns3)c2N(C)C)n1. The number of phenols is 1. The van der Waals surface area contributed by atoms with Crippen LogP contribution in [0.5, 0.6) is 5.75 Å². The van der Waals surface area contributed by atoms with Crippen LogP contribution in [0.3, 0.4) is 0 Å². The molecular formula is C19H17N13OS3. The van der Waals surface area contributed by atoms with Crippen molar-refractivity contribution in [1.82, 2.24) is 23.1 Å². The van der Waals surface area contributed by atoms with Gasteiger partial charge in [-0.15, -0.1) is 30.7 Å². The van der Waals surface area contributed by atoms with E-state index in [1.165, 1.54) is 6.07 Å². The van der Waals surface area contributed by atoms with Crippen LogP contribution in [0.1, 0.15) is 22.9 Å². The average Bonchev–Trinajstić information content (AvgIpc) is 3.55. The van der Waals surface area contributed by atoms with Crippen molar-refractivity contribution in [3.05, 3.63) is 29.0 Å². The highest BCUT2D eigenvalue weighted by molar-refractivity contribution is 7.10. The monoisotopic (exact) mass is 539 g/mol. The normalized spacial score (nSPS) is 11.8. The van der Waals surface area contributed by atoms with E-state index in [9.17, 15) is 10.4 Å². The molecule has 0 unspecified atom stereocenters. The molecule has 0 aliphatic carbocycles. The van der Waals surface area contributed by atoms with Gasteiger partial charge in [-0.1, -0.05) is 0 Å². The number of azo groups is 3. The Labute approximate surface area is 217 Å². The first kappa shape index (κ1) is 25.0. The zero-order valence-corrected chi connectivity index (χ0v) is 22.0. The summed E-state index contributed by atoms with van der Waals surface area (Å²) in [4.78, 5) is 10.1. The molecule has 182 valence electrons. The largest absolute Gasteiger partial charge is 0.504 e. The van der Waals surface area contributed by atoms with Crippen molar-refractivity contribution in [3.8, 4) is 11.8 Å². The minimum Gasteiger partial charge on any atom is -0.504 e. The molecule has 0 radical (unpaired) electrons. The summed E-state index contributed by atoms with van der Waals surface area (Å²) in [7, 11) is 3.52. The fraction of sp³-hybridized carbons (Fsp3) is 0.263. The Hall–Kier alpha value is -4.14. The van der Waals surface area contributed by atoms with E-state index in [-0.39, 0.29) is 17.1 Å². The third kappa shape index (κ3) is 5.40.